The Morgan fingerprint density at radius 2 is 1.83 bits per heavy atom. The molecule has 6 heteroatoms. The number of carbonyl (C=O) groups is 2. The van der Waals surface area contributed by atoms with Gasteiger partial charge in [-0.2, -0.15) is 0 Å². The summed E-state index contributed by atoms with van der Waals surface area (Å²) in [4.78, 5) is 22.2. The predicted molar refractivity (Wildman–Crippen MR) is 67.7 cm³/mol. The van der Waals surface area contributed by atoms with Crippen LogP contribution in [0.4, 0.5) is 0 Å². The van der Waals surface area contributed by atoms with Gasteiger partial charge in [0, 0.05) is 6.54 Å². The van der Waals surface area contributed by atoms with E-state index in [1.165, 1.54) is 6.42 Å². The summed E-state index contributed by atoms with van der Waals surface area (Å²) in [7, 11) is 0. The van der Waals surface area contributed by atoms with Crippen LogP contribution in [-0.4, -0.2) is 42.7 Å². The fraction of sp³-hybridized carbons (Fsp3) is 0.833. The van der Waals surface area contributed by atoms with Crippen LogP contribution in [0.2, 0.25) is 0 Å². The largest absolute Gasteiger partial charge is 0.391 e. The number of hydrogen-bond donors (Lipinski definition) is 4. The van der Waals surface area contributed by atoms with Gasteiger partial charge in [-0.3, -0.25) is 9.59 Å². The Morgan fingerprint density at radius 3 is 2.44 bits per heavy atom. The van der Waals surface area contributed by atoms with E-state index in [1.54, 1.807) is 0 Å². The molecule has 1 aliphatic carbocycles. The summed E-state index contributed by atoms with van der Waals surface area (Å²) in [5.41, 5.74) is 5.09. The average Bonchev–Trinajstić information content (AvgIpc) is 2.42. The van der Waals surface area contributed by atoms with Crippen LogP contribution in [-0.2, 0) is 9.59 Å². The van der Waals surface area contributed by atoms with E-state index in [9.17, 15) is 14.7 Å². The molecule has 5 N–H and O–H groups in total. The van der Waals surface area contributed by atoms with E-state index in [1.807, 2.05) is 0 Å². The molecule has 0 aliphatic heterocycles. The van der Waals surface area contributed by atoms with Gasteiger partial charge in [-0.1, -0.05) is 19.3 Å². The quantitative estimate of drug-likeness (QED) is 0.496. The van der Waals surface area contributed by atoms with Crippen LogP contribution in [0, 0.1) is 5.92 Å². The maximum absolute atomic E-state index is 11.4. The van der Waals surface area contributed by atoms with Crippen molar-refractivity contribution in [2.75, 3.05) is 19.6 Å². The third-order valence-corrected chi connectivity index (χ3v) is 3.33. The monoisotopic (exact) mass is 257 g/mol. The number of amides is 2. The van der Waals surface area contributed by atoms with Gasteiger partial charge in [-0.05, 0) is 18.8 Å². The maximum atomic E-state index is 11.4. The van der Waals surface area contributed by atoms with E-state index in [4.69, 9.17) is 5.73 Å². The lowest BCUT2D eigenvalue weighted by atomic mass is 9.85. The van der Waals surface area contributed by atoms with E-state index in [-0.39, 0.29) is 37.4 Å². The molecule has 0 spiro atoms. The summed E-state index contributed by atoms with van der Waals surface area (Å²) in [6.45, 7) is 0.0351. The van der Waals surface area contributed by atoms with Crippen molar-refractivity contribution in [3.8, 4) is 0 Å². The van der Waals surface area contributed by atoms with E-state index < -0.39 is 6.10 Å². The zero-order chi connectivity index (χ0) is 13.4. The van der Waals surface area contributed by atoms with Gasteiger partial charge in [0.15, 0.2) is 0 Å². The number of aliphatic hydroxyl groups is 1. The second-order valence-corrected chi connectivity index (χ2v) is 4.75. The Balaban J connectivity index is 2.14. The molecule has 0 aromatic rings. The zero-order valence-corrected chi connectivity index (χ0v) is 10.7. The van der Waals surface area contributed by atoms with Crippen LogP contribution in [0.1, 0.15) is 32.1 Å². The molecule has 104 valence electrons. The number of rotatable bonds is 6. The van der Waals surface area contributed by atoms with E-state index in [2.05, 4.69) is 10.6 Å². The van der Waals surface area contributed by atoms with Crippen molar-refractivity contribution < 1.29 is 14.7 Å². The highest BCUT2D eigenvalue weighted by Crippen LogP contribution is 2.26. The van der Waals surface area contributed by atoms with Crippen molar-refractivity contribution in [1.29, 1.82) is 0 Å². The molecule has 0 aromatic heterocycles. The SMILES string of the molecule is NCC(=O)NCC(=O)NCC(O)C1CCCCC1. The molecule has 1 saturated carbocycles. The fourth-order valence-corrected chi connectivity index (χ4v) is 2.22. The number of nitrogens with two attached hydrogens (primary N) is 1. The lowest BCUT2D eigenvalue weighted by molar-refractivity contribution is -0.125. The average molecular weight is 257 g/mol. The number of aliphatic hydroxyl groups excluding tert-OH is 1. The maximum Gasteiger partial charge on any atom is 0.239 e. The summed E-state index contributed by atoms with van der Waals surface area (Å²) in [5.74, 6) is -0.373. The molecular formula is C12H23N3O3. The van der Waals surface area contributed by atoms with Crippen LogP contribution >= 0.6 is 0 Å². The minimum absolute atomic E-state index is 0.0899. The van der Waals surface area contributed by atoms with Crippen LogP contribution in [0.5, 0.6) is 0 Å². The van der Waals surface area contributed by atoms with Crippen LogP contribution in [0.15, 0.2) is 0 Å². The van der Waals surface area contributed by atoms with Crippen LogP contribution < -0.4 is 16.4 Å². The number of nitrogens with one attached hydrogen (secondary N) is 2. The zero-order valence-electron chi connectivity index (χ0n) is 10.7. The summed E-state index contributed by atoms with van der Waals surface area (Å²) >= 11 is 0. The molecule has 1 rings (SSSR count). The summed E-state index contributed by atoms with van der Waals surface area (Å²) in [6.07, 6.45) is 5.12. The molecule has 0 radical (unpaired) electrons. The van der Waals surface area contributed by atoms with Crippen LogP contribution in [0.25, 0.3) is 0 Å². The fourth-order valence-electron chi connectivity index (χ4n) is 2.22. The van der Waals surface area contributed by atoms with Crippen molar-refractivity contribution >= 4 is 11.8 Å². The minimum Gasteiger partial charge on any atom is -0.391 e. The molecule has 0 heterocycles. The van der Waals surface area contributed by atoms with Gasteiger partial charge < -0.3 is 21.5 Å². The van der Waals surface area contributed by atoms with Gasteiger partial charge in [-0.25, -0.2) is 0 Å². The lowest BCUT2D eigenvalue weighted by Gasteiger charge is -2.26. The third kappa shape index (κ3) is 5.46. The molecule has 0 bridgehead atoms. The first-order valence-corrected chi connectivity index (χ1v) is 6.55. The second-order valence-electron chi connectivity index (χ2n) is 4.75. The van der Waals surface area contributed by atoms with E-state index in [0.29, 0.717) is 0 Å². The Kier molecular flexibility index (Phi) is 6.67. The molecule has 0 aromatic carbocycles. The standard InChI is InChI=1S/C12H23N3O3/c13-6-11(17)15-8-12(18)14-7-10(16)9-4-2-1-3-5-9/h9-10,16H,1-8,13H2,(H,14,18)(H,15,17). The Bertz CT molecular complexity index is 278. The van der Waals surface area contributed by atoms with Gasteiger partial charge in [-0.15, -0.1) is 0 Å². The minimum atomic E-state index is -0.487. The topological polar surface area (TPSA) is 104 Å². The van der Waals surface area contributed by atoms with Crippen molar-refractivity contribution in [2.24, 2.45) is 11.7 Å². The Labute approximate surface area is 107 Å². The molecular weight excluding hydrogens is 234 g/mol. The predicted octanol–water partition coefficient (Wildman–Crippen LogP) is -0.881. The molecule has 18 heavy (non-hydrogen) atoms. The molecule has 1 unspecified atom stereocenters. The lowest BCUT2D eigenvalue weighted by Crippen LogP contribution is -2.43. The summed E-state index contributed by atoms with van der Waals surface area (Å²) in [6, 6.07) is 0. The van der Waals surface area contributed by atoms with Crippen molar-refractivity contribution in [3.05, 3.63) is 0 Å². The molecule has 0 saturated heterocycles. The van der Waals surface area contributed by atoms with E-state index >= 15 is 0 Å². The van der Waals surface area contributed by atoms with Gasteiger partial charge >= 0.3 is 0 Å². The first kappa shape index (κ1) is 14.9. The molecule has 1 aliphatic rings. The molecule has 2 amide bonds. The van der Waals surface area contributed by atoms with Gasteiger partial charge in [0.1, 0.15) is 0 Å². The second kappa shape index (κ2) is 8.05. The highest BCUT2D eigenvalue weighted by atomic mass is 16.3. The third-order valence-electron chi connectivity index (χ3n) is 3.33. The van der Waals surface area contributed by atoms with Gasteiger partial charge in [0.25, 0.3) is 0 Å². The smallest absolute Gasteiger partial charge is 0.239 e. The highest BCUT2D eigenvalue weighted by Gasteiger charge is 2.21. The van der Waals surface area contributed by atoms with Crippen molar-refractivity contribution in [2.45, 2.75) is 38.2 Å². The van der Waals surface area contributed by atoms with Crippen molar-refractivity contribution in [1.82, 2.24) is 10.6 Å². The molecule has 1 atom stereocenters. The first-order valence-electron chi connectivity index (χ1n) is 6.55. The highest BCUT2D eigenvalue weighted by molar-refractivity contribution is 5.85. The first-order chi connectivity index (χ1) is 8.63. The normalized spacial score (nSPS) is 18.1. The molecule has 6 nitrogen and oxygen atoms in total. The van der Waals surface area contributed by atoms with Crippen LogP contribution in [0.3, 0.4) is 0 Å². The summed E-state index contributed by atoms with van der Waals surface area (Å²) < 4.78 is 0. The summed E-state index contributed by atoms with van der Waals surface area (Å²) in [5, 5.41) is 14.9. The van der Waals surface area contributed by atoms with Crippen molar-refractivity contribution in [3.63, 3.8) is 0 Å². The molecule has 1 fully saturated rings. The van der Waals surface area contributed by atoms with Gasteiger partial charge in [0.2, 0.25) is 11.8 Å². The Morgan fingerprint density at radius 1 is 1.17 bits per heavy atom. The number of hydrogen-bond acceptors (Lipinski definition) is 4. The van der Waals surface area contributed by atoms with E-state index in [0.717, 1.165) is 25.7 Å². The van der Waals surface area contributed by atoms with Gasteiger partial charge in [0.05, 0.1) is 19.2 Å². The Hall–Kier alpha value is -1.14. The number of carbonyl (C=O) groups excluding carboxylic acids is 2.